The van der Waals surface area contributed by atoms with E-state index in [0.717, 1.165) is 47.1 Å². The molecule has 1 fully saturated rings. The minimum absolute atomic E-state index is 0.256. The molecule has 0 amide bonds. The molecular formula is C18H19N5O3S2. The van der Waals surface area contributed by atoms with Crippen LogP contribution in [0.25, 0.3) is 11.1 Å². The first kappa shape index (κ1) is 18.8. The first-order chi connectivity index (χ1) is 13.5. The van der Waals surface area contributed by atoms with E-state index in [-0.39, 0.29) is 4.21 Å². The fourth-order valence-corrected chi connectivity index (χ4v) is 5.10. The summed E-state index contributed by atoms with van der Waals surface area (Å²) in [4.78, 5) is 15.2. The summed E-state index contributed by atoms with van der Waals surface area (Å²) in [5.74, 6) is 0.802. The quantitative estimate of drug-likeness (QED) is 0.681. The molecule has 0 atom stereocenters. The van der Waals surface area contributed by atoms with Gasteiger partial charge >= 0.3 is 0 Å². The van der Waals surface area contributed by atoms with Crippen LogP contribution in [-0.2, 0) is 14.8 Å². The first-order valence-electron chi connectivity index (χ1n) is 8.70. The summed E-state index contributed by atoms with van der Waals surface area (Å²) in [5.41, 5.74) is 2.79. The molecule has 0 aliphatic carbocycles. The Kier molecular flexibility index (Phi) is 5.25. The van der Waals surface area contributed by atoms with Crippen molar-refractivity contribution in [3.05, 3.63) is 48.0 Å². The number of sulfonamides is 1. The van der Waals surface area contributed by atoms with Crippen LogP contribution in [0.5, 0.6) is 0 Å². The van der Waals surface area contributed by atoms with Crippen LogP contribution in [0, 0.1) is 6.92 Å². The minimum atomic E-state index is -3.64. The van der Waals surface area contributed by atoms with Gasteiger partial charge in [-0.2, -0.15) is 0 Å². The molecule has 1 aliphatic heterocycles. The molecule has 4 heterocycles. The highest BCUT2D eigenvalue weighted by atomic mass is 32.2. The van der Waals surface area contributed by atoms with Gasteiger partial charge in [0.05, 0.1) is 30.8 Å². The van der Waals surface area contributed by atoms with Gasteiger partial charge in [-0.3, -0.25) is 9.71 Å². The van der Waals surface area contributed by atoms with Gasteiger partial charge in [0.2, 0.25) is 0 Å². The smallest absolute Gasteiger partial charge is 0.271 e. The normalized spacial score (nSPS) is 14.8. The van der Waals surface area contributed by atoms with Crippen LogP contribution in [0.4, 0.5) is 11.5 Å². The molecule has 1 N–H and O–H groups in total. The number of nitrogens with one attached hydrogen (secondary N) is 1. The second kappa shape index (κ2) is 7.82. The molecule has 0 unspecified atom stereocenters. The molecule has 0 bridgehead atoms. The third-order valence-electron chi connectivity index (χ3n) is 4.37. The molecule has 1 aliphatic rings. The van der Waals surface area contributed by atoms with Crippen molar-refractivity contribution < 1.29 is 13.2 Å². The van der Waals surface area contributed by atoms with E-state index in [1.165, 1.54) is 6.20 Å². The highest BCUT2D eigenvalue weighted by Gasteiger charge is 2.21. The number of hydrogen-bond donors (Lipinski definition) is 1. The molecule has 0 aromatic carbocycles. The lowest BCUT2D eigenvalue weighted by Gasteiger charge is -2.29. The van der Waals surface area contributed by atoms with Gasteiger partial charge in [0.1, 0.15) is 16.4 Å². The summed E-state index contributed by atoms with van der Waals surface area (Å²) < 4.78 is 33.3. The zero-order valence-electron chi connectivity index (χ0n) is 15.2. The number of nitrogens with zero attached hydrogens (tertiary/aromatic N) is 4. The van der Waals surface area contributed by atoms with Crippen LogP contribution >= 0.6 is 11.3 Å². The van der Waals surface area contributed by atoms with Gasteiger partial charge in [-0.05, 0) is 24.4 Å². The number of thiophene rings is 1. The molecule has 3 aromatic heterocycles. The number of aromatic nitrogens is 3. The van der Waals surface area contributed by atoms with Crippen molar-refractivity contribution in [1.82, 2.24) is 15.0 Å². The van der Waals surface area contributed by atoms with Gasteiger partial charge < -0.3 is 9.64 Å². The van der Waals surface area contributed by atoms with Gasteiger partial charge in [0.15, 0.2) is 0 Å². The second-order valence-electron chi connectivity index (χ2n) is 6.26. The Morgan fingerprint density at radius 1 is 1.21 bits per heavy atom. The molecule has 146 valence electrons. The number of pyridine rings is 1. The standard InChI is InChI=1S/C18H19N5O3S2/c1-13-17(18(21-12-20-13)23-4-6-26-7-5-23)14-9-15(11-19-10-14)22-28(24,25)16-3-2-8-27-16/h2-3,8-12,22H,4-7H2,1H3. The lowest BCUT2D eigenvalue weighted by Crippen LogP contribution is -2.37. The fraction of sp³-hybridized carbons (Fsp3) is 0.278. The maximum Gasteiger partial charge on any atom is 0.271 e. The second-order valence-corrected chi connectivity index (χ2v) is 9.11. The van der Waals surface area contributed by atoms with Gasteiger partial charge in [-0.1, -0.05) is 6.07 Å². The zero-order chi connectivity index (χ0) is 19.6. The van der Waals surface area contributed by atoms with Gasteiger partial charge in [-0.15, -0.1) is 11.3 Å². The van der Waals surface area contributed by atoms with E-state index in [9.17, 15) is 8.42 Å². The Hall–Kier alpha value is -2.56. The van der Waals surface area contributed by atoms with E-state index in [0.29, 0.717) is 18.9 Å². The van der Waals surface area contributed by atoms with Crippen molar-refractivity contribution >= 4 is 32.9 Å². The number of anilines is 2. The summed E-state index contributed by atoms with van der Waals surface area (Å²) in [6, 6.07) is 5.02. The van der Waals surface area contributed by atoms with Gasteiger partial charge in [-0.25, -0.2) is 18.4 Å². The number of aryl methyl sites for hydroxylation is 1. The lowest BCUT2D eigenvalue weighted by molar-refractivity contribution is 0.122. The van der Waals surface area contributed by atoms with E-state index in [4.69, 9.17) is 4.74 Å². The van der Waals surface area contributed by atoms with Crippen molar-refractivity contribution in [2.75, 3.05) is 35.9 Å². The summed E-state index contributed by atoms with van der Waals surface area (Å²) in [6.07, 6.45) is 4.72. The van der Waals surface area contributed by atoms with Crippen molar-refractivity contribution in [3.63, 3.8) is 0 Å². The topological polar surface area (TPSA) is 97.3 Å². The summed E-state index contributed by atoms with van der Waals surface area (Å²) in [5, 5.41) is 1.72. The Morgan fingerprint density at radius 3 is 2.79 bits per heavy atom. The molecule has 8 nitrogen and oxygen atoms in total. The van der Waals surface area contributed by atoms with Crippen LogP contribution in [-0.4, -0.2) is 49.7 Å². The maximum atomic E-state index is 12.5. The Morgan fingerprint density at radius 2 is 2.04 bits per heavy atom. The van der Waals surface area contributed by atoms with Gasteiger partial charge in [0, 0.05) is 30.4 Å². The van der Waals surface area contributed by atoms with Crippen LogP contribution in [0.2, 0.25) is 0 Å². The van der Waals surface area contributed by atoms with Crippen molar-refractivity contribution in [2.45, 2.75) is 11.1 Å². The zero-order valence-corrected chi connectivity index (χ0v) is 16.8. The number of ether oxygens (including phenoxy) is 1. The number of rotatable bonds is 5. The first-order valence-corrected chi connectivity index (χ1v) is 11.1. The van der Waals surface area contributed by atoms with Crippen LogP contribution in [0.1, 0.15) is 5.69 Å². The molecule has 10 heteroatoms. The predicted molar refractivity (Wildman–Crippen MR) is 108 cm³/mol. The number of hydrogen-bond acceptors (Lipinski definition) is 8. The average Bonchev–Trinajstić information content (AvgIpc) is 3.24. The van der Waals surface area contributed by atoms with E-state index in [1.54, 1.807) is 36.1 Å². The molecule has 0 spiro atoms. The van der Waals surface area contributed by atoms with Crippen LogP contribution < -0.4 is 9.62 Å². The largest absolute Gasteiger partial charge is 0.378 e. The monoisotopic (exact) mass is 417 g/mol. The third kappa shape index (κ3) is 3.84. The average molecular weight is 418 g/mol. The van der Waals surface area contributed by atoms with E-state index in [1.807, 2.05) is 6.92 Å². The third-order valence-corrected chi connectivity index (χ3v) is 7.15. The lowest BCUT2D eigenvalue weighted by atomic mass is 10.1. The molecule has 1 saturated heterocycles. The molecule has 28 heavy (non-hydrogen) atoms. The fourth-order valence-electron chi connectivity index (χ4n) is 3.07. The van der Waals surface area contributed by atoms with E-state index < -0.39 is 10.0 Å². The highest BCUT2D eigenvalue weighted by Crippen LogP contribution is 2.32. The predicted octanol–water partition coefficient (Wildman–Crippen LogP) is 2.55. The van der Waals surface area contributed by atoms with Crippen LogP contribution in [0.15, 0.2) is 46.5 Å². The Bertz CT molecular complexity index is 1060. The van der Waals surface area contributed by atoms with E-state index >= 15 is 0 Å². The Labute approximate surface area is 167 Å². The minimum Gasteiger partial charge on any atom is -0.378 e. The number of morpholine rings is 1. The van der Waals surface area contributed by atoms with Crippen molar-refractivity contribution in [1.29, 1.82) is 0 Å². The molecule has 3 aromatic rings. The summed E-state index contributed by atoms with van der Waals surface area (Å²) in [7, 11) is -3.64. The molecular weight excluding hydrogens is 398 g/mol. The molecule has 0 saturated carbocycles. The maximum absolute atomic E-state index is 12.5. The summed E-state index contributed by atoms with van der Waals surface area (Å²) >= 11 is 1.16. The van der Waals surface area contributed by atoms with Crippen molar-refractivity contribution in [2.24, 2.45) is 0 Å². The highest BCUT2D eigenvalue weighted by molar-refractivity contribution is 7.94. The molecule has 4 rings (SSSR count). The van der Waals surface area contributed by atoms with E-state index in [2.05, 4.69) is 24.6 Å². The summed E-state index contributed by atoms with van der Waals surface area (Å²) in [6.45, 7) is 4.66. The SMILES string of the molecule is Cc1ncnc(N2CCOCC2)c1-c1cncc(NS(=O)(=O)c2cccs2)c1. The van der Waals surface area contributed by atoms with Crippen LogP contribution in [0.3, 0.4) is 0 Å². The Balaban J connectivity index is 1.70. The van der Waals surface area contributed by atoms with Crippen molar-refractivity contribution in [3.8, 4) is 11.1 Å². The van der Waals surface area contributed by atoms with Gasteiger partial charge in [0.25, 0.3) is 10.0 Å². The molecule has 0 radical (unpaired) electrons.